The van der Waals surface area contributed by atoms with Crippen LogP contribution in [0.2, 0.25) is 0 Å². The predicted octanol–water partition coefficient (Wildman–Crippen LogP) is 4.42. The third-order valence-corrected chi connectivity index (χ3v) is 7.05. The summed E-state index contributed by atoms with van der Waals surface area (Å²) in [6.45, 7) is 6.02. The number of alkyl carbamates (subject to hydrolysis) is 1. The molecular formula is C30H35N3O6. The largest absolute Gasteiger partial charge is 0.482 e. The van der Waals surface area contributed by atoms with E-state index in [4.69, 9.17) is 14.2 Å². The molecule has 9 nitrogen and oxygen atoms in total. The lowest BCUT2D eigenvalue weighted by molar-refractivity contribution is -0.130. The quantitative estimate of drug-likeness (QED) is 0.560. The maximum atomic E-state index is 13.5. The van der Waals surface area contributed by atoms with Crippen molar-refractivity contribution >= 4 is 23.5 Å². The fourth-order valence-corrected chi connectivity index (χ4v) is 4.84. The molecule has 39 heavy (non-hydrogen) atoms. The SMILES string of the molecule is CN1C(=O)COc2ccc(-c3ccc(C[C@@H](C#N)CC(=O)C4(NC(=O)OC(C)(C)C)CCOCC4)cc3)cc21. The van der Waals surface area contributed by atoms with E-state index in [1.54, 1.807) is 32.7 Å². The first kappa shape index (κ1) is 28.1. The van der Waals surface area contributed by atoms with Crippen molar-refractivity contribution in [2.75, 3.05) is 31.8 Å². The number of hydrogen-bond acceptors (Lipinski definition) is 7. The van der Waals surface area contributed by atoms with E-state index in [0.717, 1.165) is 22.4 Å². The van der Waals surface area contributed by atoms with E-state index in [-0.39, 0.29) is 24.7 Å². The Hall–Kier alpha value is -3.90. The molecule has 0 unspecified atom stereocenters. The Kier molecular flexibility index (Phi) is 8.26. The minimum atomic E-state index is -1.11. The van der Waals surface area contributed by atoms with Crippen LogP contribution in [0.4, 0.5) is 10.5 Å². The van der Waals surface area contributed by atoms with Crippen molar-refractivity contribution in [1.29, 1.82) is 5.26 Å². The minimum Gasteiger partial charge on any atom is -0.482 e. The molecule has 2 aromatic carbocycles. The van der Waals surface area contributed by atoms with E-state index in [0.29, 0.717) is 38.2 Å². The molecule has 2 amide bonds. The Labute approximate surface area is 229 Å². The van der Waals surface area contributed by atoms with Crippen molar-refractivity contribution in [2.24, 2.45) is 5.92 Å². The topological polar surface area (TPSA) is 118 Å². The van der Waals surface area contributed by atoms with Gasteiger partial charge in [0.25, 0.3) is 5.91 Å². The monoisotopic (exact) mass is 533 g/mol. The molecule has 0 spiro atoms. The predicted molar refractivity (Wildman–Crippen MR) is 145 cm³/mol. The number of carbonyl (C=O) groups excluding carboxylic acids is 3. The highest BCUT2D eigenvalue weighted by atomic mass is 16.6. The maximum absolute atomic E-state index is 13.5. The van der Waals surface area contributed by atoms with Crippen molar-refractivity contribution in [3.8, 4) is 22.9 Å². The van der Waals surface area contributed by atoms with E-state index < -0.39 is 23.2 Å². The number of benzene rings is 2. The Morgan fingerprint density at radius 3 is 2.44 bits per heavy atom. The molecule has 1 N–H and O–H groups in total. The molecule has 2 aliphatic rings. The summed E-state index contributed by atoms with van der Waals surface area (Å²) in [5, 5.41) is 12.7. The number of nitrogens with zero attached hydrogens (tertiary/aromatic N) is 2. The molecule has 2 aromatic rings. The summed E-state index contributed by atoms with van der Waals surface area (Å²) in [5.74, 6) is -0.169. The van der Waals surface area contributed by atoms with Gasteiger partial charge in [-0.3, -0.25) is 9.59 Å². The van der Waals surface area contributed by atoms with E-state index in [9.17, 15) is 19.6 Å². The van der Waals surface area contributed by atoms with Gasteiger partial charge in [0.2, 0.25) is 0 Å². The highest BCUT2D eigenvalue weighted by Gasteiger charge is 2.42. The van der Waals surface area contributed by atoms with Gasteiger partial charge in [0.15, 0.2) is 12.4 Å². The fraction of sp³-hybridized carbons (Fsp3) is 0.467. The van der Waals surface area contributed by atoms with Crippen LogP contribution in [0.5, 0.6) is 5.75 Å². The summed E-state index contributed by atoms with van der Waals surface area (Å²) in [6.07, 6.45) is 0.441. The molecule has 206 valence electrons. The van der Waals surface area contributed by atoms with Crippen LogP contribution in [0, 0.1) is 17.2 Å². The molecule has 0 aliphatic carbocycles. The van der Waals surface area contributed by atoms with Gasteiger partial charge in [-0.25, -0.2) is 4.79 Å². The standard InChI is InChI=1S/C30H35N3O6/c1-29(2,3)39-28(36)32-30(11-13-37-14-12-30)26(34)16-21(18-31)15-20-5-7-22(8-6-20)23-9-10-25-24(17-23)33(4)27(35)19-38-25/h5-10,17,21H,11-16,19H2,1-4H3,(H,32,36)/t21-/m1/s1. The Morgan fingerprint density at radius 1 is 1.13 bits per heavy atom. The van der Waals surface area contributed by atoms with E-state index in [1.807, 2.05) is 42.5 Å². The lowest BCUT2D eigenvalue weighted by Gasteiger charge is -2.37. The number of Topliss-reactive ketones (excluding diaryl/α,β-unsaturated/α-hetero) is 1. The van der Waals surface area contributed by atoms with Crippen LogP contribution < -0.4 is 15.0 Å². The maximum Gasteiger partial charge on any atom is 0.408 e. The van der Waals surface area contributed by atoms with Gasteiger partial charge in [-0.1, -0.05) is 30.3 Å². The smallest absolute Gasteiger partial charge is 0.408 e. The number of hydrogen-bond donors (Lipinski definition) is 1. The van der Waals surface area contributed by atoms with Gasteiger partial charge in [0.05, 0.1) is 17.7 Å². The lowest BCUT2D eigenvalue weighted by Crippen LogP contribution is -2.58. The first-order valence-electron chi connectivity index (χ1n) is 13.1. The van der Waals surface area contributed by atoms with Crippen molar-refractivity contribution in [3.63, 3.8) is 0 Å². The summed E-state index contributed by atoms with van der Waals surface area (Å²) >= 11 is 0. The normalized spacial score (nSPS) is 17.3. The number of fused-ring (bicyclic) bond motifs is 1. The molecule has 0 radical (unpaired) electrons. The van der Waals surface area contributed by atoms with Gasteiger partial charge >= 0.3 is 6.09 Å². The van der Waals surface area contributed by atoms with Crippen LogP contribution in [0.3, 0.4) is 0 Å². The third kappa shape index (κ3) is 6.76. The first-order chi connectivity index (χ1) is 18.5. The Morgan fingerprint density at radius 2 is 1.79 bits per heavy atom. The molecule has 2 heterocycles. The fourth-order valence-electron chi connectivity index (χ4n) is 4.84. The average molecular weight is 534 g/mol. The molecule has 1 fully saturated rings. The molecule has 1 saturated heterocycles. The summed E-state index contributed by atoms with van der Waals surface area (Å²) in [7, 11) is 1.73. The zero-order valence-electron chi connectivity index (χ0n) is 22.9. The van der Waals surface area contributed by atoms with Gasteiger partial charge in [-0.05, 0) is 56.0 Å². The average Bonchev–Trinajstić information content (AvgIpc) is 2.90. The number of rotatable bonds is 7. The summed E-state index contributed by atoms with van der Waals surface area (Å²) in [4.78, 5) is 39.6. The van der Waals surface area contributed by atoms with Gasteiger partial charge in [-0.2, -0.15) is 5.26 Å². The minimum absolute atomic E-state index is 0.0131. The number of anilines is 1. The molecule has 1 atom stereocenters. The second-order valence-electron chi connectivity index (χ2n) is 11.1. The lowest BCUT2D eigenvalue weighted by atomic mass is 9.80. The second-order valence-corrected chi connectivity index (χ2v) is 11.1. The van der Waals surface area contributed by atoms with E-state index >= 15 is 0 Å². The summed E-state index contributed by atoms with van der Waals surface area (Å²) in [5.41, 5.74) is 1.74. The van der Waals surface area contributed by atoms with Crippen molar-refractivity contribution in [2.45, 2.75) is 57.6 Å². The van der Waals surface area contributed by atoms with E-state index in [1.165, 1.54) is 0 Å². The molecule has 9 heteroatoms. The zero-order valence-corrected chi connectivity index (χ0v) is 22.9. The van der Waals surface area contributed by atoms with Crippen LogP contribution >= 0.6 is 0 Å². The molecule has 4 rings (SSSR count). The van der Waals surface area contributed by atoms with Crippen molar-refractivity contribution in [1.82, 2.24) is 5.32 Å². The number of amides is 2. The first-order valence-corrected chi connectivity index (χ1v) is 13.1. The van der Waals surface area contributed by atoms with Crippen molar-refractivity contribution in [3.05, 3.63) is 48.0 Å². The van der Waals surface area contributed by atoms with Crippen LogP contribution in [0.25, 0.3) is 11.1 Å². The molecule has 2 aliphatic heterocycles. The van der Waals surface area contributed by atoms with Crippen molar-refractivity contribution < 1.29 is 28.6 Å². The van der Waals surface area contributed by atoms with Gasteiger partial charge in [0, 0.05) is 39.5 Å². The Bertz CT molecular complexity index is 1270. The van der Waals surface area contributed by atoms with Gasteiger partial charge < -0.3 is 24.4 Å². The molecule has 0 bridgehead atoms. The zero-order chi connectivity index (χ0) is 28.2. The number of ketones is 1. The van der Waals surface area contributed by atoms with Crippen LogP contribution in [0.1, 0.15) is 45.6 Å². The summed E-state index contributed by atoms with van der Waals surface area (Å²) in [6, 6.07) is 15.8. The third-order valence-electron chi connectivity index (χ3n) is 7.05. The number of carbonyl (C=O) groups is 3. The number of nitriles is 1. The highest BCUT2D eigenvalue weighted by Crippen LogP contribution is 2.35. The molecule has 0 aromatic heterocycles. The van der Waals surface area contributed by atoms with Gasteiger partial charge in [0.1, 0.15) is 16.9 Å². The molecule has 0 saturated carbocycles. The van der Waals surface area contributed by atoms with E-state index in [2.05, 4.69) is 11.4 Å². The number of likely N-dealkylation sites (N-methyl/N-ethyl adjacent to an activating group) is 1. The van der Waals surface area contributed by atoms with Crippen LogP contribution in [-0.4, -0.2) is 55.8 Å². The van der Waals surface area contributed by atoms with Crippen LogP contribution in [0.15, 0.2) is 42.5 Å². The summed E-state index contributed by atoms with van der Waals surface area (Å²) < 4.78 is 16.3. The van der Waals surface area contributed by atoms with Gasteiger partial charge in [-0.15, -0.1) is 0 Å². The molecular weight excluding hydrogens is 498 g/mol. The second kappa shape index (κ2) is 11.5. The highest BCUT2D eigenvalue weighted by molar-refractivity contribution is 5.98. The Balaban J connectivity index is 1.44. The number of ether oxygens (including phenoxy) is 3. The number of nitrogens with one attached hydrogen (secondary N) is 1. The van der Waals surface area contributed by atoms with Crippen LogP contribution in [-0.2, 0) is 25.5 Å².